The average Bonchev–Trinajstić information content (AvgIpc) is 2.59. The van der Waals surface area contributed by atoms with E-state index in [0.717, 1.165) is 12.1 Å². The van der Waals surface area contributed by atoms with Crippen LogP contribution < -0.4 is 4.18 Å². The van der Waals surface area contributed by atoms with Crippen LogP contribution in [0.25, 0.3) is 0 Å². The number of alkyl halides is 6. The van der Waals surface area contributed by atoms with Crippen LogP contribution >= 0.6 is 0 Å². The maximum Gasteiger partial charge on any atom is 0.450 e. The van der Waals surface area contributed by atoms with Gasteiger partial charge in [-0.3, -0.25) is 4.55 Å². The predicted molar refractivity (Wildman–Crippen MR) is 80.1 cm³/mol. The topological polar surface area (TPSA) is 158 Å². The fraction of sp³-hybridized carbons (Fsp3) is 0.500. The van der Waals surface area contributed by atoms with E-state index in [4.69, 9.17) is 19.9 Å². The summed E-state index contributed by atoms with van der Waals surface area (Å²) in [4.78, 5) is 0. The molecule has 4 N–H and O–H groups in total. The zero-order valence-electron chi connectivity index (χ0n) is 13.7. The number of halogens is 6. The molecule has 168 valence electrons. The minimum Gasteiger partial charge on any atom is -0.392 e. The summed E-state index contributed by atoms with van der Waals surface area (Å²) >= 11 is 0. The van der Waals surface area contributed by atoms with Crippen LogP contribution in [0.15, 0.2) is 12.1 Å². The first-order chi connectivity index (χ1) is 12.9. The van der Waals surface area contributed by atoms with E-state index in [2.05, 4.69) is 4.18 Å². The van der Waals surface area contributed by atoms with Crippen molar-refractivity contribution in [3.05, 3.63) is 28.8 Å². The summed E-state index contributed by atoms with van der Waals surface area (Å²) in [6.07, 6.45) is 0. The molecule has 0 unspecified atom stereocenters. The number of rotatable bonds is 9. The highest BCUT2D eigenvalue weighted by molar-refractivity contribution is 7.88. The third-order valence-corrected chi connectivity index (χ3v) is 5.56. The van der Waals surface area contributed by atoms with E-state index in [1.165, 1.54) is 0 Å². The molecule has 0 saturated carbocycles. The summed E-state index contributed by atoms with van der Waals surface area (Å²) in [6.45, 7) is -3.16. The Balaban J connectivity index is 3.62. The molecule has 1 aromatic carbocycles. The number of aliphatic hydroxyl groups excluding tert-OH is 3. The van der Waals surface area contributed by atoms with Crippen molar-refractivity contribution >= 4 is 20.2 Å². The van der Waals surface area contributed by atoms with Crippen LogP contribution in [0.2, 0.25) is 0 Å². The van der Waals surface area contributed by atoms with Gasteiger partial charge in [0.15, 0.2) is 5.75 Å². The van der Waals surface area contributed by atoms with Crippen molar-refractivity contribution in [2.24, 2.45) is 0 Å². The normalized spacial score (nSPS) is 14.1. The van der Waals surface area contributed by atoms with Crippen LogP contribution in [-0.2, 0) is 40.1 Å². The Bertz CT molecular complexity index is 951. The van der Waals surface area contributed by atoms with E-state index in [0.29, 0.717) is 0 Å². The van der Waals surface area contributed by atoms with Gasteiger partial charge >= 0.3 is 36.7 Å². The Kier molecular flexibility index (Phi) is 6.89. The van der Waals surface area contributed by atoms with Gasteiger partial charge in [0, 0.05) is 11.1 Å². The number of hydrogen-bond acceptors (Lipinski definition) is 8. The monoisotopic (exact) mass is 478 g/mol. The molecular formula is C12H12F6O9S2. The van der Waals surface area contributed by atoms with E-state index in [1.807, 2.05) is 0 Å². The first-order valence-electron chi connectivity index (χ1n) is 6.93. The lowest BCUT2D eigenvalue weighted by Crippen LogP contribution is -2.61. The van der Waals surface area contributed by atoms with Crippen molar-refractivity contribution in [3.8, 4) is 5.75 Å². The second-order valence-electron chi connectivity index (χ2n) is 5.34. The van der Waals surface area contributed by atoms with E-state index >= 15 is 0 Å². The third-order valence-electron chi connectivity index (χ3n) is 3.39. The molecule has 1 aromatic rings. The van der Waals surface area contributed by atoms with Gasteiger partial charge in [-0.1, -0.05) is 0 Å². The summed E-state index contributed by atoms with van der Waals surface area (Å²) in [7, 11) is -14.3. The van der Waals surface area contributed by atoms with Crippen molar-refractivity contribution in [1.82, 2.24) is 0 Å². The first kappa shape index (κ1) is 25.4. The molecule has 17 heteroatoms. The van der Waals surface area contributed by atoms with Crippen LogP contribution in [-0.4, -0.2) is 53.1 Å². The number of benzene rings is 1. The smallest absolute Gasteiger partial charge is 0.392 e. The van der Waals surface area contributed by atoms with Crippen LogP contribution in [0, 0.1) is 0 Å². The number of aliphatic hydroxyl groups is 3. The molecule has 0 aliphatic carbocycles. The van der Waals surface area contributed by atoms with Gasteiger partial charge in [-0.15, -0.1) is 0 Å². The molecule has 0 spiro atoms. The number of hydrogen-bond donors (Lipinski definition) is 4. The van der Waals surface area contributed by atoms with Crippen molar-refractivity contribution in [2.75, 3.05) is 0 Å². The molecule has 0 amide bonds. The summed E-state index contributed by atoms with van der Waals surface area (Å²) in [6, 6.07) is 1.51. The van der Waals surface area contributed by atoms with Crippen LogP contribution in [0.3, 0.4) is 0 Å². The average molecular weight is 478 g/mol. The Morgan fingerprint density at radius 2 is 1.21 bits per heavy atom. The van der Waals surface area contributed by atoms with Crippen LogP contribution in [0.1, 0.15) is 16.7 Å². The van der Waals surface area contributed by atoms with E-state index < -0.39 is 73.4 Å². The molecule has 0 heterocycles. The lowest BCUT2D eigenvalue weighted by Gasteiger charge is -2.30. The molecule has 0 saturated heterocycles. The summed E-state index contributed by atoms with van der Waals surface area (Å²) in [5.74, 6) is -8.56. The standard InChI is InChI=1S/C12H12F6O9S2/c13-10(14,11(15,16)28(22,23)24)12(17,18)29(25,26)27-9-7(4-20)1-6(3-19)2-8(9)5-21/h1-2,19-21H,3-5H2,(H,22,23,24). The van der Waals surface area contributed by atoms with Crippen LogP contribution in [0.5, 0.6) is 5.75 Å². The lowest BCUT2D eigenvalue weighted by atomic mass is 10.1. The Morgan fingerprint density at radius 3 is 1.52 bits per heavy atom. The van der Waals surface area contributed by atoms with Crippen LogP contribution in [0.4, 0.5) is 26.3 Å². The molecule has 0 bridgehead atoms. The highest BCUT2D eigenvalue weighted by Gasteiger charge is 2.83. The zero-order valence-corrected chi connectivity index (χ0v) is 15.3. The van der Waals surface area contributed by atoms with Gasteiger partial charge in [0.1, 0.15) is 0 Å². The Labute approximate surface area is 159 Å². The molecule has 1 rings (SSSR count). The minimum atomic E-state index is -7.21. The molecule has 29 heavy (non-hydrogen) atoms. The van der Waals surface area contributed by atoms with Crippen molar-refractivity contribution in [3.63, 3.8) is 0 Å². The lowest BCUT2D eigenvalue weighted by molar-refractivity contribution is -0.247. The van der Waals surface area contributed by atoms with Gasteiger partial charge in [-0.25, -0.2) is 0 Å². The van der Waals surface area contributed by atoms with Gasteiger partial charge < -0.3 is 19.5 Å². The molecule has 9 nitrogen and oxygen atoms in total. The molecular weight excluding hydrogens is 466 g/mol. The van der Waals surface area contributed by atoms with Gasteiger partial charge in [-0.05, 0) is 17.7 Å². The van der Waals surface area contributed by atoms with Crippen molar-refractivity contribution in [1.29, 1.82) is 0 Å². The molecule has 0 atom stereocenters. The molecule has 0 aliphatic heterocycles. The first-order valence-corrected chi connectivity index (χ1v) is 9.77. The van der Waals surface area contributed by atoms with Crippen molar-refractivity contribution in [2.45, 2.75) is 36.3 Å². The van der Waals surface area contributed by atoms with Gasteiger partial charge in [-0.2, -0.15) is 43.2 Å². The minimum absolute atomic E-state index is 0.113. The van der Waals surface area contributed by atoms with E-state index in [-0.39, 0.29) is 5.56 Å². The van der Waals surface area contributed by atoms with Gasteiger partial charge in [0.25, 0.3) is 0 Å². The summed E-state index contributed by atoms with van der Waals surface area (Å²) < 4.78 is 137. The Morgan fingerprint density at radius 1 is 0.793 bits per heavy atom. The molecule has 0 fully saturated rings. The fourth-order valence-electron chi connectivity index (χ4n) is 1.91. The van der Waals surface area contributed by atoms with Gasteiger partial charge in [0.2, 0.25) is 0 Å². The fourth-order valence-corrected chi connectivity index (χ4v) is 3.41. The summed E-state index contributed by atoms with van der Waals surface area (Å²) in [5.41, 5.74) is -1.58. The third kappa shape index (κ3) is 4.15. The molecule has 0 radical (unpaired) electrons. The predicted octanol–water partition coefficient (Wildman–Crippen LogP) is 0.581. The molecule has 0 aliphatic rings. The second kappa shape index (κ2) is 7.88. The zero-order chi connectivity index (χ0) is 23.1. The second-order valence-corrected chi connectivity index (χ2v) is 8.39. The quantitative estimate of drug-likeness (QED) is 0.226. The maximum atomic E-state index is 13.8. The Hall–Kier alpha value is -1.66. The SMILES string of the molecule is O=S(=O)(O)C(F)(F)C(F)(F)C(F)(F)S(=O)(=O)Oc1c(CO)cc(CO)cc1CO. The van der Waals surface area contributed by atoms with E-state index in [9.17, 15) is 43.2 Å². The van der Waals surface area contributed by atoms with Gasteiger partial charge in [0.05, 0.1) is 19.8 Å². The van der Waals surface area contributed by atoms with Crippen molar-refractivity contribution < 1.29 is 67.2 Å². The highest BCUT2D eigenvalue weighted by Crippen LogP contribution is 2.51. The summed E-state index contributed by atoms with van der Waals surface area (Å²) in [5, 5.41) is 13.4. The largest absolute Gasteiger partial charge is 0.450 e. The maximum absolute atomic E-state index is 13.8. The highest BCUT2D eigenvalue weighted by atomic mass is 32.2. The van der Waals surface area contributed by atoms with E-state index in [1.54, 1.807) is 0 Å². The molecule has 0 aromatic heterocycles.